The normalized spacial score (nSPS) is 12.6. The van der Waals surface area contributed by atoms with Crippen LogP contribution in [0.4, 0.5) is 8.78 Å². The second kappa shape index (κ2) is 7.88. The third-order valence-corrected chi connectivity index (χ3v) is 1.57. The van der Waals surface area contributed by atoms with Gasteiger partial charge in [0.25, 0.3) is 5.92 Å². The van der Waals surface area contributed by atoms with E-state index in [1.165, 1.54) is 0 Å². The zero-order valence-corrected chi connectivity index (χ0v) is 8.85. The average Bonchev–Trinajstić information content (AvgIpc) is 2.13. The molecular formula is C10H19F2NO. The van der Waals surface area contributed by atoms with Gasteiger partial charge >= 0.3 is 0 Å². The summed E-state index contributed by atoms with van der Waals surface area (Å²) in [5.41, 5.74) is 0. The molecule has 0 aromatic carbocycles. The van der Waals surface area contributed by atoms with E-state index in [1.54, 1.807) is 12.2 Å². The van der Waals surface area contributed by atoms with Crippen LogP contribution < -0.4 is 5.32 Å². The first-order valence-electron chi connectivity index (χ1n) is 4.90. The summed E-state index contributed by atoms with van der Waals surface area (Å²) in [6, 6.07) is 0. The number of alkyl halides is 2. The molecule has 0 amide bonds. The summed E-state index contributed by atoms with van der Waals surface area (Å²) in [7, 11) is 0. The Morgan fingerprint density at radius 2 is 2.14 bits per heavy atom. The van der Waals surface area contributed by atoms with Gasteiger partial charge < -0.3 is 10.1 Å². The van der Waals surface area contributed by atoms with E-state index in [0.717, 1.165) is 6.42 Å². The van der Waals surface area contributed by atoms with Crippen molar-refractivity contribution < 1.29 is 13.5 Å². The Hall–Kier alpha value is -0.480. The Morgan fingerprint density at radius 3 is 2.71 bits per heavy atom. The molecular weight excluding hydrogens is 188 g/mol. The first-order chi connectivity index (χ1) is 6.62. The largest absolute Gasteiger partial charge is 0.371 e. The molecule has 0 aliphatic rings. The van der Waals surface area contributed by atoms with Gasteiger partial charge in [-0.05, 0) is 19.9 Å². The van der Waals surface area contributed by atoms with Crippen LogP contribution in [0.15, 0.2) is 12.2 Å². The summed E-state index contributed by atoms with van der Waals surface area (Å²) in [4.78, 5) is 0. The molecule has 84 valence electrons. The van der Waals surface area contributed by atoms with Gasteiger partial charge in [-0.1, -0.05) is 19.1 Å². The molecule has 0 heterocycles. The van der Waals surface area contributed by atoms with E-state index in [9.17, 15) is 8.78 Å². The highest BCUT2D eigenvalue weighted by molar-refractivity contribution is 4.77. The van der Waals surface area contributed by atoms with Crippen molar-refractivity contribution in [1.29, 1.82) is 0 Å². The van der Waals surface area contributed by atoms with Crippen molar-refractivity contribution in [2.24, 2.45) is 0 Å². The molecule has 0 bridgehead atoms. The van der Waals surface area contributed by atoms with Gasteiger partial charge in [0.1, 0.15) is 6.61 Å². The average molecular weight is 207 g/mol. The molecule has 0 saturated heterocycles. The van der Waals surface area contributed by atoms with E-state index in [4.69, 9.17) is 4.74 Å². The zero-order chi connectivity index (χ0) is 10.9. The minimum atomic E-state index is -2.77. The fraction of sp³-hybridized carbons (Fsp3) is 0.800. The predicted octanol–water partition coefficient (Wildman–Crippen LogP) is 2.21. The molecule has 2 nitrogen and oxygen atoms in total. The Bertz CT molecular complexity index is 160. The van der Waals surface area contributed by atoms with Gasteiger partial charge in [-0.3, -0.25) is 0 Å². The Balaban J connectivity index is 3.50. The molecule has 0 fully saturated rings. The summed E-state index contributed by atoms with van der Waals surface area (Å²) in [5.74, 6) is -2.77. The maximum absolute atomic E-state index is 13.0. The van der Waals surface area contributed by atoms with Crippen molar-refractivity contribution in [3.05, 3.63) is 12.2 Å². The molecule has 0 aromatic heterocycles. The molecule has 0 aliphatic carbocycles. The van der Waals surface area contributed by atoms with Crippen molar-refractivity contribution in [3.63, 3.8) is 0 Å². The van der Waals surface area contributed by atoms with E-state index in [-0.39, 0.29) is 13.2 Å². The van der Waals surface area contributed by atoms with E-state index in [2.05, 4.69) is 5.32 Å². The molecule has 0 atom stereocenters. The van der Waals surface area contributed by atoms with Gasteiger partial charge in [0.15, 0.2) is 0 Å². The van der Waals surface area contributed by atoms with Crippen molar-refractivity contribution in [2.75, 3.05) is 26.3 Å². The Morgan fingerprint density at radius 1 is 1.43 bits per heavy atom. The van der Waals surface area contributed by atoms with Crippen molar-refractivity contribution in [3.8, 4) is 0 Å². The van der Waals surface area contributed by atoms with Crippen LogP contribution in [-0.4, -0.2) is 32.2 Å². The van der Waals surface area contributed by atoms with E-state index >= 15 is 0 Å². The number of hydrogen-bond donors (Lipinski definition) is 1. The number of ether oxygens (including phenoxy) is 1. The van der Waals surface area contributed by atoms with Crippen LogP contribution in [0.1, 0.15) is 20.3 Å². The van der Waals surface area contributed by atoms with Crippen LogP contribution in [0.2, 0.25) is 0 Å². The summed E-state index contributed by atoms with van der Waals surface area (Å²) >= 11 is 0. The van der Waals surface area contributed by atoms with E-state index in [0.29, 0.717) is 6.54 Å². The lowest BCUT2D eigenvalue weighted by molar-refractivity contribution is -0.0689. The summed E-state index contributed by atoms with van der Waals surface area (Å²) in [6.07, 6.45) is 4.33. The standard InChI is InChI=1S/C10H19F2NO/c1-3-5-7-14-9-10(11,12)8-13-6-4-2/h3,5,13H,4,6-9H2,1-2H3/b5-3+. The van der Waals surface area contributed by atoms with Crippen LogP contribution in [-0.2, 0) is 4.74 Å². The zero-order valence-electron chi connectivity index (χ0n) is 8.85. The van der Waals surface area contributed by atoms with E-state index < -0.39 is 12.5 Å². The van der Waals surface area contributed by atoms with Crippen LogP contribution in [0.25, 0.3) is 0 Å². The maximum Gasteiger partial charge on any atom is 0.283 e. The van der Waals surface area contributed by atoms with Crippen molar-refractivity contribution in [1.82, 2.24) is 5.32 Å². The number of allylic oxidation sites excluding steroid dienone is 1. The first kappa shape index (κ1) is 13.5. The molecule has 14 heavy (non-hydrogen) atoms. The highest BCUT2D eigenvalue weighted by Crippen LogP contribution is 2.12. The second-order valence-corrected chi connectivity index (χ2v) is 3.12. The smallest absolute Gasteiger partial charge is 0.283 e. The second-order valence-electron chi connectivity index (χ2n) is 3.12. The molecule has 0 unspecified atom stereocenters. The maximum atomic E-state index is 13.0. The monoisotopic (exact) mass is 207 g/mol. The molecule has 4 heteroatoms. The Labute approximate surface area is 84.3 Å². The lowest BCUT2D eigenvalue weighted by Crippen LogP contribution is -2.37. The summed E-state index contributed by atoms with van der Waals surface area (Å²) in [6.45, 7) is 3.80. The van der Waals surface area contributed by atoms with Gasteiger partial charge in [-0.2, -0.15) is 0 Å². The molecule has 0 aliphatic heterocycles. The summed E-state index contributed by atoms with van der Waals surface area (Å²) in [5, 5.41) is 2.67. The summed E-state index contributed by atoms with van der Waals surface area (Å²) < 4.78 is 30.7. The quantitative estimate of drug-likeness (QED) is 0.486. The lowest BCUT2D eigenvalue weighted by Gasteiger charge is -2.16. The third kappa shape index (κ3) is 8.13. The first-order valence-corrected chi connectivity index (χ1v) is 4.90. The topological polar surface area (TPSA) is 21.3 Å². The fourth-order valence-corrected chi connectivity index (χ4v) is 0.872. The van der Waals surface area contributed by atoms with Gasteiger partial charge in [0.05, 0.1) is 13.2 Å². The van der Waals surface area contributed by atoms with Crippen LogP contribution >= 0.6 is 0 Å². The van der Waals surface area contributed by atoms with Gasteiger partial charge in [-0.15, -0.1) is 0 Å². The molecule has 0 rings (SSSR count). The fourth-order valence-electron chi connectivity index (χ4n) is 0.872. The lowest BCUT2D eigenvalue weighted by atomic mass is 10.3. The number of hydrogen-bond acceptors (Lipinski definition) is 2. The third-order valence-electron chi connectivity index (χ3n) is 1.57. The number of halogens is 2. The van der Waals surface area contributed by atoms with Crippen LogP contribution in [0.3, 0.4) is 0 Å². The molecule has 0 spiro atoms. The van der Waals surface area contributed by atoms with Gasteiger partial charge in [0, 0.05) is 0 Å². The number of rotatable bonds is 8. The molecule has 0 radical (unpaired) electrons. The highest BCUT2D eigenvalue weighted by Gasteiger charge is 2.28. The highest BCUT2D eigenvalue weighted by atomic mass is 19.3. The van der Waals surface area contributed by atoms with Crippen molar-refractivity contribution in [2.45, 2.75) is 26.2 Å². The minimum Gasteiger partial charge on any atom is -0.371 e. The van der Waals surface area contributed by atoms with Gasteiger partial charge in [0.2, 0.25) is 0 Å². The number of nitrogens with one attached hydrogen (secondary N) is 1. The van der Waals surface area contributed by atoms with Gasteiger partial charge in [-0.25, -0.2) is 8.78 Å². The molecule has 0 saturated carbocycles. The Kier molecular flexibility index (Phi) is 7.61. The van der Waals surface area contributed by atoms with E-state index in [1.807, 2.05) is 13.8 Å². The predicted molar refractivity (Wildman–Crippen MR) is 53.7 cm³/mol. The van der Waals surface area contributed by atoms with Crippen LogP contribution in [0.5, 0.6) is 0 Å². The van der Waals surface area contributed by atoms with Crippen molar-refractivity contribution >= 4 is 0 Å². The SMILES string of the molecule is C/C=C/COCC(F)(F)CNCCC. The van der Waals surface area contributed by atoms with Crippen LogP contribution in [0, 0.1) is 0 Å². The molecule has 1 N–H and O–H groups in total. The molecule has 0 aromatic rings. The minimum absolute atomic E-state index is 0.250.